The number of hydrogen-bond acceptors (Lipinski definition) is 4. The summed E-state index contributed by atoms with van der Waals surface area (Å²) in [6.07, 6.45) is 0. The van der Waals surface area contributed by atoms with Crippen LogP contribution in [0.15, 0.2) is 21.2 Å². The summed E-state index contributed by atoms with van der Waals surface area (Å²) in [5.74, 6) is -0.0840. The molecule has 1 saturated heterocycles. The van der Waals surface area contributed by atoms with E-state index in [-0.39, 0.29) is 10.1 Å². The van der Waals surface area contributed by atoms with Crippen molar-refractivity contribution in [2.24, 2.45) is 0 Å². The summed E-state index contributed by atoms with van der Waals surface area (Å²) in [4.78, 5) is 11.1. The van der Waals surface area contributed by atoms with Gasteiger partial charge in [-0.15, -0.1) is 11.8 Å². The van der Waals surface area contributed by atoms with Gasteiger partial charge in [-0.25, -0.2) is 0 Å². The predicted octanol–water partition coefficient (Wildman–Crippen LogP) is 2.61. The number of rotatable bonds is 2. The molecular formula is C10H12BrNO3S. The van der Waals surface area contributed by atoms with Gasteiger partial charge in [0.05, 0.1) is 0 Å². The third-order valence-electron chi connectivity index (χ3n) is 2.53. The Bertz CT molecular complexity index is 418. The quantitative estimate of drug-likeness (QED) is 0.879. The zero-order valence-electron chi connectivity index (χ0n) is 8.86. The molecule has 6 heteroatoms. The van der Waals surface area contributed by atoms with Crippen LogP contribution in [-0.2, 0) is 4.79 Å². The van der Waals surface area contributed by atoms with E-state index in [0.29, 0.717) is 4.67 Å². The summed E-state index contributed by atoms with van der Waals surface area (Å²) in [6.45, 7) is 3.84. The first-order valence-corrected chi connectivity index (χ1v) is 6.49. The Labute approximate surface area is 106 Å². The fourth-order valence-electron chi connectivity index (χ4n) is 1.74. The molecule has 1 aromatic rings. The number of thioether (sulfide) groups is 1. The summed E-state index contributed by atoms with van der Waals surface area (Å²) in [5.41, 5.74) is 0. The van der Waals surface area contributed by atoms with Crippen LogP contribution in [-0.4, -0.2) is 21.9 Å². The van der Waals surface area contributed by atoms with Crippen LogP contribution in [0.4, 0.5) is 0 Å². The highest BCUT2D eigenvalue weighted by molar-refractivity contribution is 9.10. The summed E-state index contributed by atoms with van der Waals surface area (Å²) in [6, 6.07) is 3.08. The molecule has 0 bridgehead atoms. The van der Waals surface area contributed by atoms with Crippen molar-refractivity contribution in [1.82, 2.24) is 5.32 Å². The molecule has 4 nitrogen and oxygen atoms in total. The molecule has 88 valence electrons. The number of nitrogens with one attached hydrogen (secondary N) is 1. The van der Waals surface area contributed by atoms with Crippen LogP contribution in [0.3, 0.4) is 0 Å². The van der Waals surface area contributed by atoms with Gasteiger partial charge in [0.2, 0.25) is 0 Å². The van der Waals surface area contributed by atoms with Gasteiger partial charge in [0.1, 0.15) is 17.2 Å². The summed E-state index contributed by atoms with van der Waals surface area (Å²) >= 11 is 4.80. The lowest BCUT2D eigenvalue weighted by molar-refractivity contribution is -0.139. The van der Waals surface area contributed by atoms with Gasteiger partial charge in [-0.1, -0.05) is 0 Å². The van der Waals surface area contributed by atoms with Crippen molar-refractivity contribution in [3.63, 3.8) is 0 Å². The Morgan fingerprint density at radius 2 is 2.31 bits per heavy atom. The van der Waals surface area contributed by atoms with E-state index in [0.717, 1.165) is 5.76 Å². The Kier molecular flexibility index (Phi) is 3.07. The third-order valence-corrected chi connectivity index (χ3v) is 4.41. The second-order valence-electron chi connectivity index (χ2n) is 4.18. The van der Waals surface area contributed by atoms with E-state index < -0.39 is 12.0 Å². The van der Waals surface area contributed by atoms with E-state index in [1.165, 1.54) is 0 Å². The van der Waals surface area contributed by atoms with Crippen molar-refractivity contribution < 1.29 is 14.3 Å². The van der Waals surface area contributed by atoms with E-state index in [2.05, 4.69) is 21.2 Å². The van der Waals surface area contributed by atoms with E-state index in [1.807, 2.05) is 19.9 Å². The number of carbonyl (C=O) groups is 1. The zero-order valence-corrected chi connectivity index (χ0v) is 11.3. The molecule has 0 saturated carbocycles. The maximum Gasteiger partial charge on any atom is 0.322 e. The van der Waals surface area contributed by atoms with Crippen molar-refractivity contribution in [2.45, 2.75) is 30.0 Å². The molecular weight excluding hydrogens is 294 g/mol. The number of hydrogen-bond donors (Lipinski definition) is 2. The normalized spacial score (nSPS) is 28.2. The molecule has 1 fully saturated rings. The van der Waals surface area contributed by atoms with Crippen LogP contribution in [0.5, 0.6) is 0 Å². The first-order valence-electron chi connectivity index (χ1n) is 4.82. The highest BCUT2D eigenvalue weighted by Gasteiger charge is 2.46. The third kappa shape index (κ3) is 2.14. The van der Waals surface area contributed by atoms with E-state index in [9.17, 15) is 4.79 Å². The van der Waals surface area contributed by atoms with Gasteiger partial charge in [-0.3, -0.25) is 10.1 Å². The van der Waals surface area contributed by atoms with Crippen LogP contribution in [0.1, 0.15) is 25.0 Å². The molecule has 2 unspecified atom stereocenters. The molecule has 0 aromatic carbocycles. The van der Waals surface area contributed by atoms with Crippen molar-refractivity contribution in [1.29, 1.82) is 0 Å². The number of halogens is 1. The molecule has 16 heavy (non-hydrogen) atoms. The topological polar surface area (TPSA) is 62.5 Å². The van der Waals surface area contributed by atoms with Gasteiger partial charge in [-0.05, 0) is 41.9 Å². The zero-order chi connectivity index (χ0) is 11.9. The van der Waals surface area contributed by atoms with Crippen LogP contribution in [0.2, 0.25) is 0 Å². The fourth-order valence-corrected chi connectivity index (χ4v) is 3.41. The molecule has 0 spiro atoms. The van der Waals surface area contributed by atoms with Gasteiger partial charge in [0.15, 0.2) is 4.67 Å². The Morgan fingerprint density at radius 1 is 1.62 bits per heavy atom. The van der Waals surface area contributed by atoms with Gasteiger partial charge in [0, 0.05) is 4.75 Å². The molecule has 0 radical (unpaired) electrons. The van der Waals surface area contributed by atoms with Gasteiger partial charge in [-0.2, -0.15) is 0 Å². The molecule has 2 atom stereocenters. The van der Waals surface area contributed by atoms with Crippen LogP contribution in [0, 0.1) is 0 Å². The average Bonchev–Trinajstić information content (AvgIpc) is 2.69. The summed E-state index contributed by atoms with van der Waals surface area (Å²) in [7, 11) is 0. The Hall–Kier alpha value is -0.460. The molecule has 1 aromatic heterocycles. The first-order chi connectivity index (χ1) is 7.40. The standard InChI is InChI=1S/C10H12BrNO3S/c1-10(2)7(9(13)14)12-8(16-10)5-3-4-6(11)15-5/h3-4,7-8,12H,1-2H3,(H,13,14). The van der Waals surface area contributed by atoms with Gasteiger partial charge < -0.3 is 9.52 Å². The van der Waals surface area contributed by atoms with Gasteiger partial charge in [0.25, 0.3) is 0 Å². The van der Waals surface area contributed by atoms with Crippen LogP contribution in [0.25, 0.3) is 0 Å². The maximum atomic E-state index is 11.1. The SMILES string of the molecule is CC1(C)SC(c2ccc(Br)o2)NC1C(=O)O. The molecule has 2 rings (SSSR count). The van der Waals surface area contributed by atoms with Crippen molar-refractivity contribution in [3.05, 3.63) is 22.6 Å². The minimum Gasteiger partial charge on any atom is -0.480 e. The molecule has 2 N–H and O–H groups in total. The van der Waals surface area contributed by atoms with E-state index >= 15 is 0 Å². The number of furan rings is 1. The lowest BCUT2D eigenvalue weighted by Crippen LogP contribution is -2.43. The number of carboxylic acid groups (broad SMARTS) is 1. The number of carboxylic acids is 1. The molecule has 1 aliphatic rings. The largest absolute Gasteiger partial charge is 0.480 e. The Morgan fingerprint density at radius 3 is 2.75 bits per heavy atom. The highest BCUT2D eigenvalue weighted by atomic mass is 79.9. The second-order valence-corrected chi connectivity index (χ2v) is 6.72. The van der Waals surface area contributed by atoms with Gasteiger partial charge >= 0.3 is 5.97 Å². The van der Waals surface area contributed by atoms with E-state index in [1.54, 1.807) is 17.8 Å². The lowest BCUT2D eigenvalue weighted by atomic mass is 10.0. The molecule has 1 aliphatic heterocycles. The monoisotopic (exact) mass is 305 g/mol. The minimum absolute atomic E-state index is 0.109. The summed E-state index contributed by atoms with van der Waals surface area (Å²) < 4.78 is 5.73. The Balaban J connectivity index is 2.20. The second kappa shape index (κ2) is 4.09. The summed E-state index contributed by atoms with van der Waals surface area (Å²) in [5, 5.41) is 12.1. The van der Waals surface area contributed by atoms with Crippen molar-refractivity contribution >= 4 is 33.7 Å². The predicted molar refractivity (Wildman–Crippen MR) is 65.4 cm³/mol. The average molecular weight is 306 g/mol. The smallest absolute Gasteiger partial charge is 0.322 e. The minimum atomic E-state index is -0.828. The van der Waals surface area contributed by atoms with E-state index in [4.69, 9.17) is 9.52 Å². The lowest BCUT2D eigenvalue weighted by Gasteiger charge is -2.20. The van der Waals surface area contributed by atoms with Crippen molar-refractivity contribution in [2.75, 3.05) is 0 Å². The van der Waals surface area contributed by atoms with Crippen molar-refractivity contribution in [3.8, 4) is 0 Å². The molecule has 0 aliphatic carbocycles. The number of aliphatic carboxylic acids is 1. The van der Waals surface area contributed by atoms with Crippen LogP contribution >= 0.6 is 27.7 Å². The fraction of sp³-hybridized carbons (Fsp3) is 0.500. The molecule has 0 amide bonds. The maximum absolute atomic E-state index is 11.1. The molecule has 2 heterocycles. The first kappa shape index (κ1) is 12.0. The highest BCUT2D eigenvalue weighted by Crippen LogP contribution is 2.46. The van der Waals surface area contributed by atoms with Crippen LogP contribution < -0.4 is 5.32 Å².